The van der Waals surface area contributed by atoms with Crippen molar-refractivity contribution in [3.8, 4) is 21.7 Å². The minimum Gasteiger partial charge on any atom is -0.323 e. The Morgan fingerprint density at radius 2 is 1.84 bits per heavy atom. The van der Waals surface area contributed by atoms with Crippen LogP contribution in [0.2, 0.25) is 0 Å². The molecule has 0 fully saturated rings. The highest BCUT2D eigenvalue weighted by Crippen LogP contribution is 2.35. The number of thiazole rings is 1. The van der Waals surface area contributed by atoms with Crippen molar-refractivity contribution in [2.45, 2.75) is 19.8 Å². The van der Waals surface area contributed by atoms with E-state index in [0.717, 1.165) is 38.3 Å². The first-order chi connectivity index (χ1) is 15.2. The molecule has 5 heterocycles. The number of hydrogen-bond donors (Lipinski definition) is 1. The number of fused-ring (bicyclic) bond motifs is 1. The van der Waals surface area contributed by atoms with E-state index in [2.05, 4.69) is 44.3 Å². The largest absolute Gasteiger partial charge is 0.323 e. The summed E-state index contributed by atoms with van der Waals surface area (Å²) >= 11 is 1.58. The monoisotopic (exact) mass is 425 g/mol. The summed E-state index contributed by atoms with van der Waals surface area (Å²) < 4.78 is 0. The van der Waals surface area contributed by atoms with Crippen LogP contribution >= 0.6 is 11.3 Å². The number of rotatable bonds is 5. The molecule has 5 aromatic heterocycles. The van der Waals surface area contributed by atoms with Gasteiger partial charge in [-0.15, -0.1) is 16.4 Å². The van der Waals surface area contributed by atoms with Crippen molar-refractivity contribution >= 4 is 34.0 Å². The van der Waals surface area contributed by atoms with E-state index in [0.29, 0.717) is 17.6 Å². The van der Waals surface area contributed by atoms with E-state index in [1.165, 1.54) is 0 Å². The molecule has 0 saturated heterocycles. The predicted octanol–water partition coefficient (Wildman–Crippen LogP) is 5.47. The Kier molecular flexibility index (Phi) is 5.05. The van der Waals surface area contributed by atoms with Gasteiger partial charge in [-0.1, -0.05) is 13.8 Å². The molecule has 1 N–H and O–H groups in total. The number of nitrogens with one attached hydrogen (secondary N) is 1. The molecule has 5 rings (SSSR count). The highest BCUT2D eigenvalue weighted by atomic mass is 32.1. The van der Waals surface area contributed by atoms with E-state index in [9.17, 15) is 0 Å². The fourth-order valence-corrected chi connectivity index (χ4v) is 4.04. The van der Waals surface area contributed by atoms with Crippen LogP contribution in [0.1, 0.15) is 25.3 Å². The van der Waals surface area contributed by atoms with Crippen LogP contribution in [-0.4, -0.2) is 30.1 Å². The van der Waals surface area contributed by atoms with Crippen molar-refractivity contribution in [2.75, 3.05) is 5.32 Å². The summed E-state index contributed by atoms with van der Waals surface area (Å²) in [6.07, 6.45) is 7.23. The summed E-state index contributed by atoms with van der Waals surface area (Å²) in [6, 6.07) is 11.8. The van der Waals surface area contributed by atoms with Gasteiger partial charge in [0, 0.05) is 29.7 Å². The predicted molar refractivity (Wildman–Crippen MR) is 123 cm³/mol. The molecule has 0 aliphatic rings. The van der Waals surface area contributed by atoms with Crippen molar-refractivity contribution in [3.63, 3.8) is 0 Å². The quantitative estimate of drug-likeness (QED) is 0.399. The zero-order chi connectivity index (χ0) is 21.2. The van der Waals surface area contributed by atoms with Crippen LogP contribution in [0.15, 0.2) is 66.7 Å². The van der Waals surface area contributed by atoms with Gasteiger partial charge in [-0.25, -0.2) is 9.97 Å². The summed E-state index contributed by atoms with van der Waals surface area (Å²) in [5.74, 6) is 1.74. The first kappa shape index (κ1) is 19.2. The summed E-state index contributed by atoms with van der Waals surface area (Å²) in [6.45, 7) is 4.25. The summed E-state index contributed by atoms with van der Waals surface area (Å²) in [5, 5.41) is 11.5. The van der Waals surface area contributed by atoms with Gasteiger partial charge in [-0.3, -0.25) is 9.97 Å². The molecular formula is C23H19N7S. The van der Waals surface area contributed by atoms with Crippen LogP contribution in [0.25, 0.3) is 32.7 Å². The number of pyridine rings is 3. The molecule has 0 amide bonds. The molecule has 7 nitrogen and oxygen atoms in total. The van der Waals surface area contributed by atoms with Gasteiger partial charge in [0.1, 0.15) is 5.82 Å². The lowest BCUT2D eigenvalue weighted by atomic mass is 10.1. The third-order valence-corrected chi connectivity index (χ3v) is 5.78. The Hall–Kier alpha value is -3.78. The standard InChI is InChI=1S/C23H19N7S/c1-14(2)16-9-21(30-27-12-16)29-20-6-5-18-19(28-20)8-17(11-25-18)23-22(26-13-31-23)15-4-3-7-24-10-15/h3-14H,1-2H3,(H,28,29,30). The Balaban J connectivity index is 1.50. The Morgan fingerprint density at radius 3 is 2.68 bits per heavy atom. The lowest BCUT2D eigenvalue weighted by Gasteiger charge is -2.09. The van der Waals surface area contributed by atoms with Crippen LogP contribution in [0.4, 0.5) is 11.6 Å². The zero-order valence-electron chi connectivity index (χ0n) is 17.0. The summed E-state index contributed by atoms with van der Waals surface area (Å²) in [7, 11) is 0. The molecule has 0 aliphatic carbocycles. The zero-order valence-corrected chi connectivity index (χ0v) is 17.8. The number of aromatic nitrogens is 6. The van der Waals surface area contributed by atoms with Crippen LogP contribution in [-0.2, 0) is 0 Å². The SMILES string of the molecule is CC(C)c1cnnc(Nc2ccc3ncc(-c4scnc4-c4cccnc4)cc3n2)c1. The molecule has 5 aromatic rings. The minimum absolute atomic E-state index is 0.376. The van der Waals surface area contributed by atoms with Crippen molar-refractivity contribution < 1.29 is 0 Å². The average Bonchev–Trinajstić information content (AvgIpc) is 3.29. The van der Waals surface area contributed by atoms with Crippen LogP contribution in [0, 0.1) is 0 Å². The maximum atomic E-state index is 4.75. The first-order valence-electron chi connectivity index (χ1n) is 9.88. The van der Waals surface area contributed by atoms with Gasteiger partial charge >= 0.3 is 0 Å². The normalized spacial score (nSPS) is 11.2. The van der Waals surface area contributed by atoms with E-state index in [1.807, 2.05) is 54.3 Å². The Morgan fingerprint density at radius 1 is 0.903 bits per heavy atom. The number of nitrogens with zero attached hydrogens (tertiary/aromatic N) is 6. The van der Waals surface area contributed by atoms with E-state index in [1.54, 1.807) is 23.7 Å². The molecule has 31 heavy (non-hydrogen) atoms. The van der Waals surface area contributed by atoms with Crippen LogP contribution in [0.5, 0.6) is 0 Å². The van der Waals surface area contributed by atoms with E-state index >= 15 is 0 Å². The molecular weight excluding hydrogens is 406 g/mol. The maximum Gasteiger partial charge on any atom is 0.154 e. The second-order valence-corrected chi connectivity index (χ2v) is 8.24. The van der Waals surface area contributed by atoms with Crippen molar-refractivity contribution in [2.24, 2.45) is 0 Å². The lowest BCUT2D eigenvalue weighted by molar-refractivity contribution is 0.843. The van der Waals surface area contributed by atoms with E-state index in [-0.39, 0.29) is 0 Å². The van der Waals surface area contributed by atoms with Crippen LogP contribution < -0.4 is 5.32 Å². The molecule has 0 bridgehead atoms. The van der Waals surface area contributed by atoms with Gasteiger partial charge < -0.3 is 5.32 Å². The molecule has 8 heteroatoms. The van der Waals surface area contributed by atoms with Gasteiger partial charge in [-0.05, 0) is 47.9 Å². The molecule has 0 spiro atoms. The summed E-state index contributed by atoms with van der Waals surface area (Å²) in [5.41, 5.74) is 7.42. The molecule has 0 atom stereocenters. The Labute approximate surface area is 183 Å². The number of anilines is 2. The van der Waals surface area contributed by atoms with Crippen molar-refractivity contribution in [3.05, 3.63) is 72.3 Å². The van der Waals surface area contributed by atoms with Gasteiger partial charge in [0.15, 0.2) is 5.82 Å². The minimum atomic E-state index is 0.376. The molecule has 0 saturated carbocycles. The van der Waals surface area contributed by atoms with Gasteiger partial charge in [0.05, 0.1) is 33.3 Å². The Bertz CT molecular complexity index is 1350. The fourth-order valence-electron chi connectivity index (χ4n) is 3.25. The van der Waals surface area contributed by atoms with Crippen molar-refractivity contribution in [1.82, 2.24) is 30.1 Å². The van der Waals surface area contributed by atoms with Gasteiger partial charge in [-0.2, -0.15) is 5.10 Å². The van der Waals surface area contributed by atoms with E-state index < -0.39 is 0 Å². The maximum absolute atomic E-state index is 4.75. The van der Waals surface area contributed by atoms with Gasteiger partial charge in [0.2, 0.25) is 0 Å². The van der Waals surface area contributed by atoms with Crippen LogP contribution in [0.3, 0.4) is 0 Å². The second kappa shape index (κ2) is 8.16. The third-order valence-electron chi connectivity index (χ3n) is 4.90. The summed E-state index contributed by atoms with van der Waals surface area (Å²) in [4.78, 5) is 19.1. The topological polar surface area (TPSA) is 89.4 Å². The molecule has 152 valence electrons. The second-order valence-electron chi connectivity index (χ2n) is 7.38. The van der Waals surface area contributed by atoms with Gasteiger partial charge in [0.25, 0.3) is 0 Å². The molecule has 0 radical (unpaired) electrons. The molecule has 0 aromatic carbocycles. The smallest absolute Gasteiger partial charge is 0.154 e. The molecule has 0 unspecified atom stereocenters. The highest BCUT2D eigenvalue weighted by Gasteiger charge is 2.13. The lowest BCUT2D eigenvalue weighted by Crippen LogP contribution is -2.00. The molecule has 0 aliphatic heterocycles. The average molecular weight is 426 g/mol. The first-order valence-corrected chi connectivity index (χ1v) is 10.8. The highest BCUT2D eigenvalue weighted by molar-refractivity contribution is 7.13. The van der Waals surface area contributed by atoms with Crippen molar-refractivity contribution in [1.29, 1.82) is 0 Å². The third kappa shape index (κ3) is 3.97. The number of hydrogen-bond acceptors (Lipinski definition) is 8. The fraction of sp³-hybridized carbons (Fsp3) is 0.130. The van der Waals surface area contributed by atoms with E-state index in [4.69, 9.17) is 4.98 Å².